The fourth-order valence-electron chi connectivity index (χ4n) is 2.51. The van der Waals surface area contributed by atoms with Crippen LogP contribution in [0.3, 0.4) is 0 Å². The molecule has 1 aliphatic rings. The average molecular weight is 310 g/mol. The Labute approximate surface area is 134 Å². The maximum atomic E-state index is 8.98. The van der Waals surface area contributed by atoms with Gasteiger partial charge in [-0.15, -0.1) is 0 Å². The molecule has 0 radical (unpaired) electrons. The second kappa shape index (κ2) is 7.47. The molecule has 0 bridgehead atoms. The second-order valence-electron chi connectivity index (χ2n) is 5.17. The Hall–Kier alpha value is -2.79. The normalized spacial score (nSPS) is 15.2. The molecule has 23 heavy (non-hydrogen) atoms. The molecule has 1 N–H and O–H groups in total. The summed E-state index contributed by atoms with van der Waals surface area (Å²) in [7, 11) is 0. The third-order valence-corrected chi connectivity index (χ3v) is 3.73. The fraction of sp³-hybridized carbons (Fsp3) is 0.400. The maximum absolute atomic E-state index is 8.98. The van der Waals surface area contributed by atoms with Crippen LogP contribution in [0.2, 0.25) is 0 Å². The minimum absolute atomic E-state index is 0.332. The summed E-state index contributed by atoms with van der Waals surface area (Å²) in [5, 5.41) is 12.2. The molecular formula is C15H18N8. The number of anilines is 2. The average Bonchev–Trinajstić information content (AvgIpc) is 2.63. The van der Waals surface area contributed by atoms with Gasteiger partial charge in [-0.1, -0.05) is 0 Å². The Morgan fingerprint density at radius 3 is 2.48 bits per heavy atom. The zero-order valence-electron chi connectivity index (χ0n) is 12.8. The first kappa shape index (κ1) is 15.1. The van der Waals surface area contributed by atoms with Crippen LogP contribution in [-0.2, 0) is 0 Å². The van der Waals surface area contributed by atoms with Crippen LogP contribution in [0.4, 0.5) is 11.8 Å². The molecule has 1 aliphatic heterocycles. The lowest BCUT2D eigenvalue weighted by Gasteiger charge is -2.34. The number of piperazine rings is 1. The molecule has 1 fully saturated rings. The van der Waals surface area contributed by atoms with E-state index in [2.05, 4.69) is 35.1 Å². The van der Waals surface area contributed by atoms with E-state index in [-0.39, 0.29) is 0 Å². The third kappa shape index (κ3) is 3.90. The zero-order valence-corrected chi connectivity index (χ0v) is 12.8. The van der Waals surface area contributed by atoms with Gasteiger partial charge in [0.1, 0.15) is 6.07 Å². The number of hydrogen-bond acceptors (Lipinski definition) is 8. The van der Waals surface area contributed by atoms with Gasteiger partial charge in [0.25, 0.3) is 0 Å². The molecule has 3 heterocycles. The third-order valence-electron chi connectivity index (χ3n) is 3.73. The van der Waals surface area contributed by atoms with Crippen molar-refractivity contribution in [2.45, 2.75) is 0 Å². The van der Waals surface area contributed by atoms with Crippen molar-refractivity contribution < 1.29 is 0 Å². The largest absolute Gasteiger partial charge is 0.366 e. The highest BCUT2D eigenvalue weighted by atomic mass is 15.3. The Balaban J connectivity index is 1.44. The van der Waals surface area contributed by atoms with E-state index >= 15 is 0 Å². The van der Waals surface area contributed by atoms with Gasteiger partial charge >= 0.3 is 0 Å². The second-order valence-corrected chi connectivity index (χ2v) is 5.17. The molecule has 0 unspecified atom stereocenters. The lowest BCUT2D eigenvalue weighted by atomic mass is 10.3. The van der Waals surface area contributed by atoms with Crippen molar-refractivity contribution in [3.8, 4) is 6.07 Å². The van der Waals surface area contributed by atoms with Crippen LogP contribution in [0, 0.1) is 11.3 Å². The predicted molar refractivity (Wildman–Crippen MR) is 85.9 cm³/mol. The number of hydrogen-bond donors (Lipinski definition) is 1. The summed E-state index contributed by atoms with van der Waals surface area (Å²) < 4.78 is 0. The Bertz CT molecular complexity index is 661. The van der Waals surface area contributed by atoms with Gasteiger partial charge in [0.15, 0.2) is 11.5 Å². The minimum Gasteiger partial charge on any atom is -0.366 e. The molecule has 2 aromatic rings. The fourth-order valence-corrected chi connectivity index (χ4v) is 2.51. The molecule has 3 rings (SSSR count). The number of aromatic nitrogens is 4. The summed E-state index contributed by atoms with van der Waals surface area (Å²) in [6.07, 6.45) is 6.65. The highest BCUT2D eigenvalue weighted by Gasteiger charge is 2.18. The molecule has 0 atom stereocenters. The molecule has 0 saturated carbocycles. The van der Waals surface area contributed by atoms with Gasteiger partial charge in [-0.25, -0.2) is 19.9 Å². The monoisotopic (exact) mass is 310 g/mol. The van der Waals surface area contributed by atoms with Crippen LogP contribution in [0.15, 0.2) is 30.9 Å². The standard InChI is InChI=1S/C15H18N8/c16-12-13-14(18-5-4-17-13)19-6-7-22-8-10-23(11-9-22)15-20-2-1-3-21-15/h1-5H,6-11H2,(H,18,19). The summed E-state index contributed by atoms with van der Waals surface area (Å²) in [6.45, 7) is 5.38. The van der Waals surface area contributed by atoms with Crippen molar-refractivity contribution in [2.75, 3.05) is 49.5 Å². The molecule has 0 aromatic carbocycles. The van der Waals surface area contributed by atoms with Gasteiger partial charge in [-0.3, -0.25) is 4.90 Å². The van der Waals surface area contributed by atoms with Gasteiger partial charge in [0, 0.05) is 64.1 Å². The van der Waals surface area contributed by atoms with Gasteiger partial charge < -0.3 is 10.2 Å². The van der Waals surface area contributed by atoms with Crippen LogP contribution < -0.4 is 10.2 Å². The Morgan fingerprint density at radius 1 is 1.00 bits per heavy atom. The van der Waals surface area contributed by atoms with Crippen LogP contribution >= 0.6 is 0 Å². The first-order valence-corrected chi connectivity index (χ1v) is 7.56. The van der Waals surface area contributed by atoms with Crippen LogP contribution in [0.5, 0.6) is 0 Å². The quantitative estimate of drug-likeness (QED) is 0.846. The van der Waals surface area contributed by atoms with Gasteiger partial charge in [0.05, 0.1) is 0 Å². The van der Waals surface area contributed by atoms with E-state index in [1.54, 1.807) is 18.6 Å². The van der Waals surface area contributed by atoms with E-state index < -0.39 is 0 Å². The maximum Gasteiger partial charge on any atom is 0.225 e. The van der Waals surface area contributed by atoms with Crippen molar-refractivity contribution in [3.05, 3.63) is 36.5 Å². The molecule has 8 nitrogen and oxygen atoms in total. The van der Waals surface area contributed by atoms with E-state index in [4.69, 9.17) is 5.26 Å². The summed E-state index contributed by atoms with van der Waals surface area (Å²) in [5.41, 5.74) is 0.332. The molecule has 1 saturated heterocycles. The van der Waals surface area contributed by atoms with E-state index in [1.807, 2.05) is 12.1 Å². The molecule has 2 aromatic heterocycles. The van der Waals surface area contributed by atoms with E-state index in [0.29, 0.717) is 11.5 Å². The lowest BCUT2D eigenvalue weighted by molar-refractivity contribution is 0.266. The summed E-state index contributed by atoms with van der Waals surface area (Å²) >= 11 is 0. The highest BCUT2D eigenvalue weighted by Crippen LogP contribution is 2.10. The van der Waals surface area contributed by atoms with Crippen molar-refractivity contribution >= 4 is 11.8 Å². The summed E-state index contributed by atoms with van der Waals surface area (Å²) in [5.74, 6) is 1.34. The molecule has 0 aliphatic carbocycles. The van der Waals surface area contributed by atoms with Crippen LogP contribution in [-0.4, -0.2) is 64.1 Å². The number of nitrogens with zero attached hydrogens (tertiary/aromatic N) is 7. The Morgan fingerprint density at radius 2 is 1.74 bits per heavy atom. The predicted octanol–water partition coefficient (Wildman–Crippen LogP) is 0.372. The number of rotatable bonds is 5. The summed E-state index contributed by atoms with van der Waals surface area (Å²) in [4.78, 5) is 21.3. The van der Waals surface area contributed by atoms with Crippen molar-refractivity contribution in [2.24, 2.45) is 0 Å². The number of nitrogens with one attached hydrogen (secondary N) is 1. The molecule has 0 amide bonds. The first-order valence-electron chi connectivity index (χ1n) is 7.56. The molecular weight excluding hydrogens is 292 g/mol. The van der Waals surface area contributed by atoms with E-state index in [1.165, 1.54) is 6.20 Å². The van der Waals surface area contributed by atoms with Gasteiger partial charge in [0.2, 0.25) is 5.95 Å². The molecule has 0 spiro atoms. The minimum atomic E-state index is 0.332. The van der Waals surface area contributed by atoms with E-state index in [0.717, 1.165) is 45.2 Å². The smallest absolute Gasteiger partial charge is 0.225 e. The lowest BCUT2D eigenvalue weighted by Crippen LogP contribution is -2.48. The summed E-state index contributed by atoms with van der Waals surface area (Å²) in [6, 6.07) is 3.86. The number of nitriles is 1. The van der Waals surface area contributed by atoms with Crippen molar-refractivity contribution in [1.29, 1.82) is 5.26 Å². The van der Waals surface area contributed by atoms with Crippen molar-refractivity contribution in [1.82, 2.24) is 24.8 Å². The van der Waals surface area contributed by atoms with Gasteiger partial charge in [-0.2, -0.15) is 5.26 Å². The van der Waals surface area contributed by atoms with Crippen molar-refractivity contribution in [3.63, 3.8) is 0 Å². The highest BCUT2D eigenvalue weighted by molar-refractivity contribution is 5.46. The topological polar surface area (TPSA) is 93.9 Å². The van der Waals surface area contributed by atoms with Crippen LogP contribution in [0.1, 0.15) is 5.69 Å². The Kier molecular flexibility index (Phi) is 4.91. The molecule has 118 valence electrons. The molecule has 8 heteroatoms. The first-order chi connectivity index (χ1) is 11.4. The SMILES string of the molecule is N#Cc1nccnc1NCCN1CCN(c2ncccn2)CC1. The van der Waals surface area contributed by atoms with Crippen LogP contribution in [0.25, 0.3) is 0 Å². The zero-order chi connectivity index (χ0) is 15.9. The van der Waals surface area contributed by atoms with Gasteiger partial charge in [-0.05, 0) is 6.07 Å². The van der Waals surface area contributed by atoms with E-state index in [9.17, 15) is 0 Å².